The molecule has 128 valence electrons. The minimum atomic E-state index is -0.0640. The second-order valence-corrected chi connectivity index (χ2v) is 5.78. The van der Waals surface area contributed by atoms with Crippen LogP contribution in [0.4, 0.5) is 4.79 Å². The molecule has 0 aliphatic carbocycles. The average Bonchev–Trinajstić information content (AvgIpc) is 2.60. The number of urea groups is 1. The predicted molar refractivity (Wildman–Crippen MR) is 97.3 cm³/mol. The third kappa shape index (κ3) is 5.01. The molecule has 0 unspecified atom stereocenters. The van der Waals surface area contributed by atoms with Crippen LogP contribution < -0.4 is 10.1 Å². The fraction of sp³-hybridized carbons (Fsp3) is 0.350. The number of carbonyl (C=O) groups excluding carboxylic acids is 1. The lowest BCUT2D eigenvalue weighted by Crippen LogP contribution is -2.41. The Morgan fingerprint density at radius 1 is 1.08 bits per heavy atom. The smallest absolute Gasteiger partial charge is 0.317 e. The van der Waals surface area contributed by atoms with Gasteiger partial charge in [0.05, 0.1) is 6.54 Å². The van der Waals surface area contributed by atoms with Gasteiger partial charge in [0, 0.05) is 13.1 Å². The molecule has 4 nitrogen and oxygen atoms in total. The maximum atomic E-state index is 12.3. The highest BCUT2D eigenvalue weighted by atomic mass is 16.5. The normalized spacial score (nSPS) is 10.3. The Labute approximate surface area is 144 Å². The zero-order valence-electron chi connectivity index (χ0n) is 14.7. The summed E-state index contributed by atoms with van der Waals surface area (Å²) < 4.78 is 5.77. The standard InChI is InChI=1S/C20H26N2O2/c1-4-22(15-18-10-6-5-7-11-18)20(23)21-13-14-24-19-12-8-9-16(2)17(19)3/h5-12H,4,13-15H2,1-3H3,(H,21,23). The Balaban J connectivity index is 1.78. The van der Waals surface area contributed by atoms with E-state index in [1.54, 1.807) is 4.90 Å². The van der Waals surface area contributed by atoms with Crippen LogP contribution in [0.25, 0.3) is 0 Å². The molecule has 2 aromatic carbocycles. The minimum absolute atomic E-state index is 0.0640. The average molecular weight is 326 g/mol. The van der Waals surface area contributed by atoms with Crippen molar-refractivity contribution in [2.45, 2.75) is 27.3 Å². The summed E-state index contributed by atoms with van der Waals surface area (Å²) in [7, 11) is 0. The van der Waals surface area contributed by atoms with Gasteiger partial charge < -0.3 is 15.0 Å². The van der Waals surface area contributed by atoms with Crippen LogP contribution >= 0.6 is 0 Å². The molecule has 0 aliphatic heterocycles. The predicted octanol–water partition coefficient (Wildman–Crippen LogP) is 3.91. The first-order chi connectivity index (χ1) is 11.6. The molecular formula is C20H26N2O2. The van der Waals surface area contributed by atoms with Crippen LogP contribution in [0.3, 0.4) is 0 Å². The number of benzene rings is 2. The van der Waals surface area contributed by atoms with Gasteiger partial charge in [-0.3, -0.25) is 0 Å². The molecule has 0 saturated heterocycles. The maximum absolute atomic E-state index is 12.3. The lowest BCUT2D eigenvalue weighted by molar-refractivity contribution is 0.195. The summed E-state index contributed by atoms with van der Waals surface area (Å²) in [6.07, 6.45) is 0. The van der Waals surface area contributed by atoms with E-state index in [2.05, 4.69) is 18.3 Å². The Hall–Kier alpha value is -2.49. The van der Waals surface area contributed by atoms with Crippen LogP contribution in [0.15, 0.2) is 48.5 Å². The number of nitrogens with zero attached hydrogens (tertiary/aromatic N) is 1. The number of hydrogen-bond acceptors (Lipinski definition) is 2. The van der Waals surface area contributed by atoms with Crippen LogP contribution in [0.2, 0.25) is 0 Å². The van der Waals surface area contributed by atoms with E-state index in [4.69, 9.17) is 4.74 Å². The first-order valence-corrected chi connectivity index (χ1v) is 8.37. The molecule has 0 atom stereocenters. The largest absolute Gasteiger partial charge is 0.491 e. The van der Waals surface area contributed by atoms with Gasteiger partial charge in [0.25, 0.3) is 0 Å². The van der Waals surface area contributed by atoms with Crippen molar-refractivity contribution in [2.75, 3.05) is 19.7 Å². The van der Waals surface area contributed by atoms with Gasteiger partial charge in [-0.2, -0.15) is 0 Å². The summed E-state index contributed by atoms with van der Waals surface area (Å²) >= 11 is 0. The number of amides is 2. The fourth-order valence-electron chi connectivity index (χ4n) is 2.44. The second-order valence-electron chi connectivity index (χ2n) is 5.78. The zero-order valence-corrected chi connectivity index (χ0v) is 14.7. The Morgan fingerprint density at radius 3 is 2.54 bits per heavy atom. The molecule has 0 aliphatic rings. The van der Waals surface area contributed by atoms with Gasteiger partial charge >= 0.3 is 6.03 Å². The zero-order chi connectivity index (χ0) is 17.4. The minimum Gasteiger partial charge on any atom is -0.491 e. The van der Waals surface area contributed by atoms with Crippen LogP contribution in [0.1, 0.15) is 23.6 Å². The summed E-state index contributed by atoms with van der Waals surface area (Å²) in [6, 6.07) is 15.9. The van der Waals surface area contributed by atoms with Crippen LogP contribution in [0.5, 0.6) is 5.75 Å². The molecule has 0 saturated carbocycles. The van der Waals surface area contributed by atoms with E-state index in [1.165, 1.54) is 5.56 Å². The van der Waals surface area contributed by atoms with Crippen molar-refractivity contribution in [3.8, 4) is 5.75 Å². The molecule has 0 heterocycles. The van der Waals surface area contributed by atoms with Crippen molar-refractivity contribution in [2.24, 2.45) is 0 Å². The molecule has 1 N–H and O–H groups in total. The molecule has 24 heavy (non-hydrogen) atoms. The number of nitrogens with one attached hydrogen (secondary N) is 1. The Kier molecular flexibility index (Phi) is 6.67. The van der Waals surface area contributed by atoms with E-state index in [0.717, 1.165) is 16.9 Å². The first-order valence-electron chi connectivity index (χ1n) is 8.37. The van der Waals surface area contributed by atoms with E-state index >= 15 is 0 Å². The van der Waals surface area contributed by atoms with Gasteiger partial charge in [-0.25, -0.2) is 4.79 Å². The molecule has 2 amide bonds. The van der Waals surface area contributed by atoms with Gasteiger partial charge in [-0.1, -0.05) is 42.5 Å². The fourth-order valence-corrected chi connectivity index (χ4v) is 2.44. The highest BCUT2D eigenvalue weighted by molar-refractivity contribution is 5.74. The molecule has 0 radical (unpaired) electrons. The van der Waals surface area contributed by atoms with E-state index in [-0.39, 0.29) is 6.03 Å². The molecule has 0 spiro atoms. The van der Waals surface area contributed by atoms with Crippen LogP contribution in [-0.4, -0.2) is 30.6 Å². The van der Waals surface area contributed by atoms with Crippen molar-refractivity contribution in [1.29, 1.82) is 0 Å². The second kappa shape index (κ2) is 8.96. The number of aryl methyl sites for hydroxylation is 1. The van der Waals surface area contributed by atoms with Gasteiger partial charge in [0.2, 0.25) is 0 Å². The molecule has 2 aromatic rings. The van der Waals surface area contributed by atoms with E-state index in [0.29, 0.717) is 26.2 Å². The SMILES string of the molecule is CCN(Cc1ccccc1)C(=O)NCCOc1cccc(C)c1C. The summed E-state index contributed by atoms with van der Waals surface area (Å²) in [5.41, 5.74) is 3.47. The van der Waals surface area contributed by atoms with E-state index in [9.17, 15) is 4.79 Å². The first kappa shape index (κ1) is 17.9. The molecule has 2 rings (SSSR count). The quantitative estimate of drug-likeness (QED) is 0.784. The van der Waals surface area contributed by atoms with Crippen molar-refractivity contribution >= 4 is 6.03 Å². The maximum Gasteiger partial charge on any atom is 0.317 e. The third-order valence-electron chi connectivity index (χ3n) is 4.08. The summed E-state index contributed by atoms with van der Waals surface area (Å²) in [4.78, 5) is 14.1. The highest BCUT2D eigenvalue weighted by Gasteiger charge is 2.11. The van der Waals surface area contributed by atoms with Crippen LogP contribution in [-0.2, 0) is 6.54 Å². The summed E-state index contributed by atoms with van der Waals surface area (Å²) in [5, 5.41) is 2.92. The van der Waals surface area contributed by atoms with E-state index in [1.807, 2.05) is 56.3 Å². The van der Waals surface area contributed by atoms with Gasteiger partial charge in [-0.15, -0.1) is 0 Å². The van der Waals surface area contributed by atoms with Gasteiger partial charge in [0.15, 0.2) is 0 Å². The van der Waals surface area contributed by atoms with Gasteiger partial charge in [-0.05, 0) is 43.5 Å². The molecular weight excluding hydrogens is 300 g/mol. The van der Waals surface area contributed by atoms with Crippen LogP contribution in [0, 0.1) is 13.8 Å². The Bertz CT molecular complexity index is 656. The van der Waals surface area contributed by atoms with Crippen molar-refractivity contribution in [3.63, 3.8) is 0 Å². The van der Waals surface area contributed by atoms with Crippen molar-refractivity contribution < 1.29 is 9.53 Å². The lowest BCUT2D eigenvalue weighted by atomic mass is 10.1. The summed E-state index contributed by atoms with van der Waals surface area (Å²) in [5.74, 6) is 0.876. The molecule has 0 aromatic heterocycles. The van der Waals surface area contributed by atoms with Crippen molar-refractivity contribution in [3.05, 3.63) is 65.2 Å². The molecule has 0 bridgehead atoms. The summed E-state index contributed by atoms with van der Waals surface area (Å²) in [6.45, 7) is 8.31. The number of ether oxygens (including phenoxy) is 1. The Morgan fingerprint density at radius 2 is 1.83 bits per heavy atom. The lowest BCUT2D eigenvalue weighted by Gasteiger charge is -2.21. The van der Waals surface area contributed by atoms with Crippen molar-refractivity contribution in [1.82, 2.24) is 10.2 Å². The topological polar surface area (TPSA) is 41.6 Å². The number of carbonyl (C=O) groups is 1. The molecule has 4 heteroatoms. The number of rotatable bonds is 7. The monoisotopic (exact) mass is 326 g/mol. The highest BCUT2D eigenvalue weighted by Crippen LogP contribution is 2.20. The van der Waals surface area contributed by atoms with E-state index < -0.39 is 0 Å². The van der Waals surface area contributed by atoms with Gasteiger partial charge in [0.1, 0.15) is 12.4 Å². The third-order valence-corrected chi connectivity index (χ3v) is 4.08. The molecule has 0 fully saturated rings. The number of hydrogen-bond donors (Lipinski definition) is 1.